The van der Waals surface area contributed by atoms with Crippen molar-refractivity contribution in [3.05, 3.63) is 71.3 Å². The monoisotopic (exact) mass is 344 g/mol. The van der Waals surface area contributed by atoms with Gasteiger partial charge in [-0.15, -0.1) is 0 Å². The van der Waals surface area contributed by atoms with Crippen LogP contribution in [0.15, 0.2) is 60.2 Å². The highest BCUT2D eigenvalue weighted by molar-refractivity contribution is 5.74. The molecule has 3 aliphatic rings. The summed E-state index contributed by atoms with van der Waals surface area (Å²) in [4.78, 5) is 5.35. The standard InChI is InChI=1S/C24H28N2/c1-2-8-20(9-3-1)24(18-25-14-6-7-15-25)26-17-22(19-12-13-19)16-21-10-4-5-11-23(21)26/h1-5,8-11,16,19,24H,6-7,12-15,17-18H2/t24-/m1/s1. The maximum Gasteiger partial charge on any atom is 0.0673 e. The van der Waals surface area contributed by atoms with Crippen LogP contribution in [0, 0.1) is 5.92 Å². The lowest BCUT2D eigenvalue weighted by Gasteiger charge is -2.40. The van der Waals surface area contributed by atoms with Gasteiger partial charge in [-0.05, 0) is 67.5 Å². The number of nitrogens with zero attached hydrogens (tertiary/aromatic N) is 2. The van der Waals surface area contributed by atoms with E-state index in [-0.39, 0.29) is 0 Å². The van der Waals surface area contributed by atoms with E-state index in [1.54, 1.807) is 5.57 Å². The molecule has 0 N–H and O–H groups in total. The Bertz CT molecular complexity index is 785. The number of hydrogen-bond donors (Lipinski definition) is 0. The molecule has 2 aromatic carbocycles. The molecule has 0 radical (unpaired) electrons. The Labute approximate surface area is 157 Å². The Morgan fingerprint density at radius 2 is 1.62 bits per heavy atom. The second-order valence-corrected chi connectivity index (χ2v) is 8.11. The van der Waals surface area contributed by atoms with Crippen LogP contribution in [0.25, 0.3) is 6.08 Å². The summed E-state index contributed by atoms with van der Waals surface area (Å²) < 4.78 is 0. The van der Waals surface area contributed by atoms with Gasteiger partial charge in [-0.3, -0.25) is 0 Å². The van der Waals surface area contributed by atoms with E-state index in [1.165, 1.54) is 55.6 Å². The van der Waals surface area contributed by atoms with Gasteiger partial charge in [0.05, 0.1) is 6.04 Å². The van der Waals surface area contributed by atoms with E-state index in [0.29, 0.717) is 6.04 Å². The molecule has 1 saturated heterocycles. The number of fused-ring (bicyclic) bond motifs is 1. The van der Waals surface area contributed by atoms with Crippen LogP contribution in [0.1, 0.15) is 42.9 Å². The zero-order valence-electron chi connectivity index (χ0n) is 15.5. The minimum absolute atomic E-state index is 0.429. The molecule has 2 heteroatoms. The number of benzene rings is 2. The number of anilines is 1. The minimum atomic E-state index is 0.429. The quantitative estimate of drug-likeness (QED) is 0.741. The molecule has 1 aliphatic carbocycles. The highest BCUT2D eigenvalue weighted by atomic mass is 15.2. The summed E-state index contributed by atoms with van der Waals surface area (Å²) in [6, 6.07) is 20.6. The van der Waals surface area contributed by atoms with E-state index < -0.39 is 0 Å². The van der Waals surface area contributed by atoms with Crippen molar-refractivity contribution in [1.29, 1.82) is 0 Å². The summed E-state index contributed by atoms with van der Waals surface area (Å²) in [6.45, 7) is 4.74. The van der Waals surface area contributed by atoms with Crippen LogP contribution in [-0.4, -0.2) is 31.1 Å². The molecule has 2 fully saturated rings. The van der Waals surface area contributed by atoms with Gasteiger partial charge in [0.1, 0.15) is 0 Å². The van der Waals surface area contributed by atoms with E-state index in [1.807, 2.05) is 0 Å². The molecule has 2 aliphatic heterocycles. The van der Waals surface area contributed by atoms with Crippen LogP contribution in [0.2, 0.25) is 0 Å². The number of para-hydroxylation sites is 1. The van der Waals surface area contributed by atoms with Gasteiger partial charge in [0.15, 0.2) is 0 Å². The molecule has 5 rings (SSSR count). The molecule has 0 unspecified atom stereocenters. The van der Waals surface area contributed by atoms with Crippen LogP contribution in [0.4, 0.5) is 5.69 Å². The van der Waals surface area contributed by atoms with Crippen LogP contribution in [-0.2, 0) is 0 Å². The van der Waals surface area contributed by atoms with Gasteiger partial charge >= 0.3 is 0 Å². The van der Waals surface area contributed by atoms with Gasteiger partial charge in [-0.25, -0.2) is 0 Å². The summed E-state index contributed by atoms with van der Waals surface area (Å²) >= 11 is 0. The highest BCUT2D eigenvalue weighted by Gasteiger charge is 2.33. The second kappa shape index (κ2) is 6.92. The van der Waals surface area contributed by atoms with Crippen LogP contribution >= 0.6 is 0 Å². The summed E-state index contributed by atoms with van der Waals surface area (Å²) in [6.07, 6.45) is 7.94. The van der Waals surface area contributed by atoms with Crippen molar-refractivity contribution in [1.82, 2.24) is 4.90 Å². The Hall–Kier alpha value is -2.06. The molecule has 1 atom stereocenters. The summed E-state index contributed by atoms with van der Waals surface area (Å²) in [5.41, 5.74) is 5.91. The molecule has 134 valence electrons. The summed E-state index contributed by atoms with van der Waals surface area (Å²) in [5.74, 6) is 0.828. The SMILES string of the molecule is C1=C(C2CC2)CN([C@H](CN2CCCC2)c2ccccc2)c2ccccc21. The van der Waals surface area contributed by atoms with Crippen molar-refractivity contribution in [3.63, 3.8) is 0 Å². The van der Waals surface area contributed by atoms with Gasteiger partial charge in [0.2, 0.25) is 0 Å². The van der Waals surface area contributed by atoms with Crippen molar-refractivity contribution in [2.45, 2.75) is 31.7 Å². The lowest BCUT2D eigenvalue weighted by Crippen LogP contribution is -2.40. The Morgan fingerprint density at radius 3 is 2.38 bits per heavy atom. The van der Waals surface area contributed by atoms with Crippen molar-refractivity contribution in [2.75, 3.05) is 31.1 Å². The van der Waals surface area contributed by atoms with Gasteiger partial charge in [-0.2, -0.15) is 0 Å². The molecule has 0 amide bonds. The molecule has 2 heterocycles. The first-order chi connectivity index (χ1) is 12.9. The van der Waals surface area contributed by atoms with E-state index in [9.17, 15) is 0 Å². The van der Waals surface area contributed by atoms with E-state index in [4.69, 9.17) is 0 Å². The van der Waals surface area contributed by atoms with Crippen molar-refractivity contribution < 1.29 is 0 Å². The first-order valence-electron chi connectivity index (χ1n) is 10.2. The molecule has 26 heavy (non-hydrogen) atoms. The van der Waals surface area contributed by atoms with Crippen molar-refractivity contribution in [3.8, 4) is 0 Å². The Balaban J connectivity index is 1.53. The number of rotatable bonds is 5. The fraction of sp³-hybridized carbons (Fsp3) is 0.417. The molecule has 0 aromatic heterocycles. The van der Waals surface area contributed by atoms with Gasteiger partial charge in [0, 0.05) is 18.8 Å². The first kappa shape index (κ1) is 16.1. The van der Waals surface area contributed by atoms with E-state index in [0.717, 1.165) is 19.0 Å². The predicted octanol–water partition coefficient (Wildman–Crippen LogP) is 5.14. The summed E-state index contributed by atoms with van der Waals surface area (Å²) in [5, 5.41) is 0. The van der Waals surface area contributed by atoms with Crippen LogP contribution in [0.5, 0.6) is 0 Å². The van der Waals surface area contributed by atoms with Gasteiger partial charge in [0.25, 0.3) is 0 Å². The zero-order chi connectivity index (χ0) is 17.3. The summed E-state index contributed by atoms with van der Waals surface area (Å²) in [7, 11) is 0. The van der Waals surface area contributed by atoms with Gasteiger partial charge in [-0.1, -0.05) is 54.6 Å². The Kier molecular flexibility index (Phi) is 4.30. The zero-order valence-corrected chi connectivity index (χ0v) is 15.5. The third-order valence-corrected chi connectivity index (χ3v) is 6.23. The fourth-order valence-corrected chi connectivity index (χ4v) is 4.65. The first-order valence-corrected chi connectivity index (χ1v) is 10.2. The normalized spacial score (nSPS) is 21.4. The Morgan fingerprint density at radius 1 is 0.885 bits per heavy atom. The van der Waals surface area contributed by atoms with Crippen LogP contribution < -0.4 is 4.90 Å². The maximum atomic E-state index is 2.69. The minimum Gasteiger partial charge on any atom is -0.359 e. The largest absolute Gasteiger partial charge is 0.359 e. The second-order valence-electron chi connectivity index (χ2n) is 8.11. The van der Waals surface area contributed by atoms with Crippen LogP contribution in [0.3, 0.4) is 0 Å². The molecule has 0 spiro atoms. The molecule has 2 nitrogen and oxygen atoms in total. The number of hydrogen-bond acceptors (Lipinski definition) is 2. The lowest BCUT2D eigenvalue weighted by molar-refractivity contribution is 0.309. The number of likely N-dealkylation sites (tertiary alicyclic amines) is 1. The molecular weight excluding hydrogens is 316 g/mol. The maximum absolute atomic E-state index is 2.69. The predicted molar refractivity (Wildman–Crippen MR) is 109 cm³/mol. The molecular formula is C24H28N2. The van der Waals surface area contributed by atoms with Crippen molar-refractivity contribution in [2.24, 2.45) is 5.92 Å². The molecule has 1 saturated carbocycles. The lowest BCUT2D eigenvalue weighted by atomic mass is 9.95. The van der Waals surface area contributed by atoms with E-state index in [2.05, 4.69) is 70.5 Å². The molecule has 0 bridgehead atoms. The third-order valence-electron chi connectivity index (χ3n) is 6.23. The fourth-order valence-electron chi connectivity index (χ4n) is 4.65. The molecule has 2 aromatic rings. The van der Waals surface area contributed by atoms with Gasteiger partial charge < -0.3 is 9.80 Å². The smallest absolute Gasteiger partial charge is 0.0673 e. The average molecular weight is 345 g/mol. The topological polar surface area (TPSA) is 6.48 Å². The third kappa shape index (κ3) is 3.19. The van der Waals surface area contributed by atoms with E-state index >= 15 is 0 Å². The highest BCUT2D eigenvalue weighted by Crippen LogP contribution is 2.44. The van der Waals surface area contributed by atoms with Crippen molar-refractivity contribution >= 4 is 11.8 Å². The average Bonchev–Trinajstić information content (AvgIpc) is 3.43.